The summed E-state index contributed by atoms with van der Waals surface area (Å²) in [6.07, 6.45) is 0. The number of hydrogen-bond acceptors (Lipinski definition) is 4. The predicted octanol–water partition coefficient (Wildman–Crippen LogP) is 5.49. The van der Waals surface area contributed by atoms with Gasteiger partial charge in [-0.2, -0.15) is 0 Å². The van der Waals surface area contributed by atoms with Gasteiger partial charge in [-0.05, 0) is 36.8 Å². The van der Waals surface area contributed by atoms with Crippen molar-refractivity contribution in [3.63, 3.8) is 0 Å². The van der Waals surface area contributed by atoms with E-state index in [1.807, 2.05) is 73.7 Å². The van der Waals surface area contributed by atoms with Gasteiger partial charge in [-0.15, -0.1) is 0 Å². The van der Waals surface area contributed by atoms with Gasteiger partial charge in [0.05, 0.1) is 10.7 Å². The molecule has 1 N–H and O–H groups in total. The second-order valence-electron chi connectivity index (χ2n) is 6.73. The molecule has 30 heavy (non-hydrogen) atoms. The standard InChI is InChI=1S/C23H20ClN3O2S/c1-16-11-13-18(14-12-16)25-23-26-27(22(30-23)17-7-3-2-4-8-17)21(28)15-29-20-10-6-5-9-19(20)24/h2-14,22H,15H2,1H3,(H,25,26). The van der Waals surface area contributed by atoms with Crippen molar-refractivity contribution >= 4 is 40.1 Å². The lowest BCUT2D eigenvalue weighted by Crippen LogP contribution is -2.42. The average Bonchev–Trinajstić information content (AvgIpc) is 3.19. The minimum Gasteiger partial charge on any atom is -0.482 e. The van der Waals surface area contributed by atoms with Crippen molar-refractivity contribution in [2.75, 3.05) is 6.61 Å². The number of carbonyl (C=O) groups is 1. The summed E-state index contributed by atoms with van der Waals surface area (Å²) in [7, 11) is 0. The van der Waals surface area contributed by atoms with Gasteiger partial charge in [-0.25, -0.2) is 10.0 Å². The van der Waals surface area contributed by atoms with Crippen LogP contribution < -0.4 is 10.2 Å². The van der Waals surface area contributed by atoms with E-state index in [4.69, 9.17) is 16.3 Å². The van der Waals surface area contributed by atoms with Crippen LogP contribution in [0.1, 0.15) is 16.5 Å². The Morgan fingerprint density at radius 1 is 1.07 bits per heavy atom. The van der Waals surface area contributed by atoms with Crippen LogP contribution in [-0.4, -0.2) is 22.7 Å². The molecule has 3 aromatic carbocycles. The van der Waals surface area contributed by atoms with E-state index in [0.717, 1.165) is 11.3 Å². The number of hydrogen-bond donors (Lipinski definition) is 1. The fraction of sp³-hybridized carbons (Fsp3) is 0.130. The predicted molar refractivity (Wildman–Crippen MR) is 122 cm³/mol. The Balaban J connectivity index is 1.54. The zero-order valence-corrected chi connectivity index (χ0v) is 17.9. The van der Waals surface area contributed by atoms with Crippen LogP contribution in [0.2, 0.25) is 5.02 Å². The highest BCUT2D eigenvalue weighted by molar-refractivity contribution is 8.14. The smallest absolute Gasteiger partial charge is 0.280 e. The third kappa shape index (κ3) is 4.78. The molecule has 0 aromatic heterocycles. The van der Waals surface area contributed by atoms with Crippen LogP contribution in [0.4, 0.5) is 5.69 Å². The molecule has 0 spiro atoms. The molecule has 1 aliphatic rings. The molecule has 1 heterocycles. The number of amidine groups is 1. The van der Waals surface area contributed by atoms with E-state index >= 15 is 0 Å². The number of hydrazine groups is 1. The van der Waals surface area contributed by atoms with Crippen LogP contribution in [0, 0.1) is 6.92 Å². The first-order valence-electron chi connectivity index (χ1n) is 9.43. The first-order chi connectivity index (χ1) is 14.6. The summed E-state index contributed by atoms with van der Waals surface area (Å²) < 4.78 is 5.65. The van der Waals surface area contributed by atoms with Crippen LogP contribution in [0.3, 0.4) is 0 Å². The van der Waals surface area contributed by atoms with Crippen molar-refractivity contribution in [1.82, 2.24) is 10.4 Å². The van der Waals surface area contributed by atoms with Gasteiger partial charge in [-0.3, -0.25) is 10.2 Å². The molecule has 5 nitrogen and oxygen atoms in total. The molecule has 0 radical (unpaired) electrons. The lowest BCUT2D eigenvalue weighted by atomic mass is 10.2. The van der Waals surface area contributed by atoms with Crippen LogP contribution in [0.15, 0.2) is 83.9 Å². The van der Waals surface area contributed by atoms with Gasteiger partial charge in [-0.1, -0.05) is 83.5 Å². The molecule has 1 unspecified atom stereocenters. The maximum Gasteiger partial charge on any atom is 0.280 e. The number of rotatable bonds is 5. The molecule has 0 aliphatic carbocycles. The number of para-hydroxylation sites is 1. The molecule has 4 rings (SSSR count). The number of aliphatic imine (C=N–C) groups is 1. The second kappa shape index (κ2) is 9.24. The number of benzene rings is 3. The lowest BCUT2D eigenvalue weighted by molar-refractivity contribution is -0.135. The Labute approximate surface area is 184 Å². The number of ether oxygens (including phenoxy) is 1. The van der Waals surface area contributed by atoms with E-state index < -0.39 is 0 Å². The van der Waals surface area contributed by atoms with Gasteiger partial charge >= 0.3 is 0 Å². The highest BCUT2D eigenvalue weighted by atomic mass is 35.5. The molecule has 152 valence electrons. The molecule has 1 saturated heterocycles. The zero-order valence-electron chi connectivity index (χ0n) is 16.3. The van der Waals surface area contributed by atoms with Gasteiger partial charge in [0.2, 0.25) is 0 Å². The largest absolute Gasteiger partial charge is 0.482 e. The lowest BCUT2D eigenvalue weighted by Gasteiger charge is -2.23. The Kier molecular flexibility index (Phi) is 6.26. The number of thioether (sulfide) groups is 1. The third-order valence-electron chi connectivity index (χ3n) is 4.48. The van der Waals surface area contributed by atoms with Gasteiger partial charge < -0.3 is 4.74 Å². The Hall–Kier alpha value is -2.96. The van der Waals surface area contributed by atoms with Crippen molar-refractivity contribution in [3.05, 3.63) is 95.0 Å². The molecular weight excluding hydrogens is 418 g/mol. The fourth-order valence-electron chi connectivity index (χ4n) is 2.93. The fourth-order valence-corrected chi connectivity index (χ4v) is 4.21. The van der Waals surface area contributed by atoms with Gasteiger partial charge in [0.1, 0.15) is 11.1 Å². The number of carbonyl (C=O) groups excluding carboxylic acids is 1. The summed E-state index contributed by atoms with van der Waals surface area (Å²) in [4.78, 5) is 17.6. The number of amides is 1. The third-order valence-corrected chi connectivity index (χ3v) is 5.90. The molecule has 3 aromatic rings. The van der Waals surface area contributed by atoms with Gasteiger partial charge in [0, 0.05) is 0 Å². The van der Waals surface area contributed by atoms with Crippen LogP contribution in [-0.2, 0) is 4.79 Å². The Bertz CT molecular complexity index is 1060. The van der Waals surface area contributed by atoms with E-state index in [-0.39, 0.29) is 17.9 Å². The van der Waals surface area contributed by atoms with Crippen LogP contribution in [0.5, 0.6) is 5.75 Å². The summed E-state index contributed by atoms with van der Waals surface area (Å²) in [5.74, 6) is 0.259. The van der Waals surface area contributed by atoms with E-state index in [0.29, 0.717) is 15.9 Å². The van der Waals surface area contributed by atoms with E-state index in [1.165, 1.54) is 17.3 Å². The van der Waals surface area contributed by atoms with E-state index in [1.54, 1.807) is 17.1 Å². The topological polar surface area (TPSA) is 53.9 Å². The Morgan fingerprint density at radius 3 is 2.50 bits per heavy atom. The summed E-state index contributed by atoms with van der Waals surface area (Å²) >= 11 is 7.61. The number of nitrogens with zero attached hydrogens (tertiary/aromatic N) is 2. The van der Waals surface area contributed by atoms with Gasteiger partial charge in [0.15, 0.2) is 11.8 Å². The quantitative estimate of drug-likeness (QED) is 0.573. The molecule has 1 atom stereocenters. The summed E-state index contributed by atoms with van der Waals surface area (Å²) in [6, 6.07) is 24.8. The molecule has 0 saturated carbocycles. The minimum absolute atomic E-state index is 0.140. The van der Waals surface area contributed by atoms with Crippen molar-refractivity contribution in [3.8, 4) is 5.75 Å². The number of halogens is 1. The SMILES string of the molecule is Cc1ccc(N=C2NN(C(=O)COc3ccccc3Cl)C(c3ccccc3)S2)cc1. The molecule has 1 amide bonds. The maximum absolute atomic E-state index is 13.0. The molecule has 1 fully saturated rings. The zero-order chi connectivity index (χ0) is 20.9. The minimum atomic E-state index is -0.252. The monoisotopic (exact) mass is 437 g/mol. The maximum atomic E-state index is 13.0. The molecular formula is C23H20ClN3O2S. The summed E-state index contributed by atoms with van der Waals surface area (Å²) in [5.41, 5.74) is 6.12. The van der Waals surface area contributed by atoms with E-state index in [2.05, 4.69) is 10.4 Å². The number of nitrogens with one attached hydrogen (secondary N) is 1. The summed E-state index contributed by atoms with van der Waals surface area (Å²) in [6.45, 7) is 1.89. The van der Waals surface area contributed by atoms with E-state index in [9.17, 15) is 4.79 Å². The van der Waals surface area contributed by atoms with Crippen molar-refractivity contribution in [2.24, 2.45) is 4.99 Å². The van der Waals surface area contributed by atoms with Crippen LogP contribution in [0.25, 0.3) is 0 Å². The highest BCUT2D eigenvalue weighted by Crippen LogP contribution is 2.38. The van der Waals surface area contributed by atoms with Crippen molar-refractivity contribution in [2.45, 2.75) is 12.3 Å². The second-order valence-corrected chi connectivity index (χ2v) is 8.20. The van der Waals surface area contributed by atoms with Crippen molar-refractivity contribution in [1.29, 1.82) is 0 Å². The average molecular weight is 438 g/mol. The molecule has 1 aliphatic heterocycles. The van der Waals surface area contributed by atoms with Crippen molar-refractivity contribution < 1.29 is 9.53 Å². The first-order valence-corrected chi connectivity index (χ1v) is 10.7. The highest BCUT2D eigenvalue weighted by Gasteiger charge is 2.35. The van der Waals surface area contributed by atoms with Crippen LogP contribution >= 0.6 is 23.4 Å². The molecule has 0 bridgehead atoms. The number of aryl methyl sites for hydroxylation is 1. The molecule has 7 heteroatoms. The normalized spacial score (nSPS) is 17.1. The Morgan fingerprint density at radius 2 is 1.77 bits per heavy atom. The van der Waals surface area contributed by atoms with Gasteiger partial charge in [0.25, 0.3) is 5.91 Å². The first kappa shape index (κ1) is 20.3. The summed E-state index contributed by atoms with van der Waals surface area (Å²) in [5, 5.41) is 2.43.